The number of rotatable bonds is 7. The highest BCUT2D eigenvalue weighted by Crippen LogP contribution is 2.53. The van der Waals surface area contributed by atoms with Crippen molar-refractivity contribution in [2.24, 2.45) is 0 Å². The highest BCUT2D eigenvalue weighted by Gasteiger charge is 2.66. The standard InChI is InChI=1S/C27H31N3O5/c1-6-29-20-11-8-7-10-19(20)27(26(29)34)22(23(31)18-12-13-21(35-5)17(2)16-18)24(32)25(33)30(27)15-9-14-28(3)4/h7-8,10-13,16,31H,6,9,14-15H2,1-5H3/b23-22+. The lowest BCUT2D eigenvalue weighted by molar-refractivity contribution is -0.143. The molecule has 2 aliphatic rings. The summed E-state index contributed by atoms with van der Waals surface area (Å²) in [6.45, 7) is 4.89. The van der Waals surface area contributed by atoms with Crippen molar-refractivity contribution in [1.82, 2.24) is 9.80 Å². The zero-order valence-corrected chi connectivity index (χ0v) is 20.8. The van der Waals surface area contributed by atoms with Gasteiger partial charge in [0, 0.05) is 24.2 Å². The molecule has 1 N–H and O–H groups in total. The normalized spacial score (nSPS) is 20.9. The number of hydrogen-bond donors (Lipinski definition) is 1. The lowest BCUT2D eigenvalue weighted by Crippen LogP contribution is -2.52. The molecule has 1 fully saturated rings. The lowest BCUT2D eigenvalue weighted by atomic mass is 9.81. The van der Waals surface area contributed by atoms with E-state index in [0.717, 1.165) is 5.56 Å². The van der Waals surface area contributed by atoms with E-state index in [2.05, 4.69) is 0 Å². The molecule has 2 aromatic rings. The number of carbonyl (C=O) groups is 3. The number of aliphatic hydroxyl groups is 1. The van der Waals surface area contributed by atoms with Crippen molar-refractivity contribution in [2.45, 2.75) is 25.8 Å². The number of aryl methyl sites for hydroxylation is 1. The Morgan fingerprint density at radius 1 is 1.11 bits per heavy atom. The van der Waals surface area contributed by atoms with Crippen LogP contribution >= 0.6 is 0 Å². The summed E-state index contributed by atoms with van der Waals surface area (Å²) >= 11 is 0. The molecule has 0 saturated carbocycles. The number of benzene rings is 2. The van der Waals surface area contributed by atoms with Crippen LogP contribution in [0.3, 0.4) is 0 Å². The number of aliphatic hydroxyl groups excluding tert-OH is 1. The van der Waals surface area contributed by atoms with Gasteiger partial charge in [-0.05, 0) is 70.7 Å². The summed E-state index contributed by atoms with van der Waals surface area (Å²) in [4.78, 5) is 46.0. The van der Waals surface area contributed by atoms with E-state index in [0.29, 0.717) is 42.1 Å². The van der Waals surface area contributed by atoms with Crippen molar-refractivity contribution < 1.29 is 24.2 Å². The number of likely N-dealkylation sites (N-methyl/N-ethyl adjacent to an activating group) is 1. The van der Waals surface area contributed by atoms with Crippen LogP contribution in [0.4, 0.5) is 5.69 Å². The monoisotopic (exact) mass is 477 g/mol. The van der Waals surface area contributed by atoms with Gasteiger partial charge in [-0.3, -0.25) is 14.4 Å². The SMILES string of the molecule is CCN1C(=O)C2(/C(=C(/O)c3ccc(OC)c(C)c3)C(=O)C(=O)N2CCCN(C)C)c2ccccc21. The number of carbonyl (C=O) groups excluding carboxylic acids is 3. The number of fused-ring (bicyclic) bond motifs is 2. The molecule has 2 amide bonds. The average Bonchev–Trinajstić information content (AvgIpc) is 3.21. The molecule has 1 saturated heterocycles. The predicted molar refractivity (Wildman–Crippen MR) is 133 cm³/mol. The fourth-order valence-electron chi connectivity index (χ4n) is 5.20. The minimum absolute atomic E-state index is 0.190. The molecule has 35 heavy (non-hydrogen) atoms. The summed E-state index contributed by atoms with van der Waals surface area (Å²) in [6.07, 6.45) is 0.561. The quantitative estimate of drug-likeness (QED) is 0.375. The first-order valence-electron chi connectivity index (χ1n) is 11.7. The molecular formula is C27H31N3O5. The molecule has 1 atom stereocenters. The third-order valence-electron chi connectivity index (χ3n) is 6.78. The Kier molecular flexibility index (Phi) is 6.42. The number of Topliss-reactive ketones (excluding diaryl/α,β-unsaturated/α-hetero) is 1. The highest BCUT2D eigenvalue weighted by molar-refractivity contribution is 6.50. The number of para-hydroxylation sites is 1. The van der Waals surface area contributed by atoms with E-state index < -0.39 is 23.1 Å². The fourth-order valence-corrected chi connectivity index (χ4v) is 5.20. The van der Waals surface area contributed by atoms with Gasteiger partial charge in [0.15, 0.2) is 5.54 Å². The molecule has 2 aliphatic heterocycles. The van der Waals surface area contributed by atoms with E-state index >= 15 is 0 Å². The first-order chi connectivity index (χ1) is 16.7. The second-order valence-electron chi connectivity index (χ2n) is 9.13. The van der Waals surface area contributed by atoms with Crippen molar-refractivity contribution in [1.29, 1.82) is 0 Å². The third-order valence-corrected chi connectivity index (χ3v) is 6.78. The Balaban J connectivity index is 2.00. The van der Waals surface area contributed by atoms with E-state index in [-0.39, 0.29) is 17.9 Å². The summed E-state index contributed by atoms with van der Waals surface area (Å²) in [6, 6.07) is 12.2. The van der Waals surface area contributed by atoms with Crippen molar-refractivity contribution in [3.05, 3.63) is 64.7 Å². The molecule has 0 aromatic heterocycles. The Labute approximate surface area is 205 Å². The van der Waals surface area contributed by atoms with E-state index in [9.17, 15) is 19.5 Å². The molecule has 2 heterocycles. The fraction of sp³-hybridized carbons (Fsp3) is 0.370. The molecule has 1 unspecified atom stereocenters. The van der Waals surface area contributed by atoms with Crippen LogP contribution < -0.4 is 9.64 Å². The Morgan fingerprint density at radius 2 is 1.83 bits per heavy atom. The van der Waals surface area contributed by atoms with Gasteiger partial charge in [-0.25, -0.2) is 0 Å². The number of amides is 2. The van der Waals surface area contributed by atoms with Crippen LogP contribution in [0.15, 0.2) is 48.0 Å². The van der Waals surface area contributed by atoms with Gasteiger partial charge < -0.3 is 24.5 Å². The van der Waals surface area contributed by atoms with E-state index in [4.69, 9.17) is 4.74 Å². The number of ketones is 1. The Morgan fingerprint density at radius 3 is 2.46 bits per heavy atom. The average molecular weight is 478 g/mol. The van der Waals surface area contributed by atoms with E-state index in [1.165, 1.54) is 4.90 Å². The van der Waals surface area contributed by atoms with Gasteiger partial charge in [0.05, 0.1) is 18.4 Å². The molecule has 184 valence electrons. The molecule has 0 aliphatic carbocycles. The molecule has 8 nitrogen and oxygen atoms in total. The lowest BCUT2D eigenvalue weighted by Gasteiger charge is -2.34. The van der Waals surface area contributed by atoms with Crippen LogP contribution in [0.5, 0.6) is 5.75 Å². The van der Waals surface area contributed by atoms with Crippen molar-refractivity contribution in [3.8, 4) is 5.75 Å². The number of hydrogen-bond acceptors (Lipinski definition) is 6. The Hall–Kier alpha value is -3.65. The second kappa shape index (κ2) is 9.19. The van der Waals surface area contributed by atoms with Crippen molar-refractivity contribution in [2.75, 3.05) is 45.7 Å². The van der Waals surface area contributed by atoms with Gasteiger partial charge in [0.2, 0.25) is 0 Å². The van der Waals surface area contributed by atoms with Crippen LogP contribution in [0.25, 0.3) is 5.76 Å². The highest BCUT2D eigenvalue weighted by atomic mass is 16.5. The molecule has 1 spiro atoms. The first kappa shape index (κ1) is 24.5. The molecule has 4 rings (SSSR count). The van der Waals surface area contributed by atoms with Crippen molar-refractivity contribution in [3.63, 3.8) is 0 Å². The predicted octanol–water partition coefficient (Wildman–Crippen LogP) is 2.90. The van der Waals surface area contributed by atoms with E-state index in [1.807, 2.05) is 45.0 Å². The number of anilines is 1. The Bertz CT molecular complexity index is 1240. The van der Waals surface area contributed by atoms with Gasteiger partial charge in [0.25, 0.3) is 17.6 Å². The van der Waals surface area contributed by atoms with Crippen LogP contribution in [-0.4, -0.2) is 73.3 Å². The zero-order chi connectivity index (χ0) is 25.5. The molecule has 0 bridgehead atoms. The molecule has 0 radical (unpaired) electrons. The molecule has 2 aromatic carbocycles. The third kappa shape index (κ3) is 3.60. The first-order valence-corrected chi connectivity index (χ1v) is 11.7. The van der Waals surface area contributed by atoms with Gasteiger partial charge in [0.1, 0.15) is 11.5 Å². The maximum absolute atomic E-state index is 14.1. The summed E-state index contributed by atoms with van der Waals surface area (Å²) < 4.78 is 5.32. The number of nitrogens with zero attached hydrogens (tertiary/aromatic N) is 3. The van der Waals surface area contributed by atoms with Gasteiger partial charge in [-0.1, -0.05) is 18.2 Å². The van der Waals surface area contributed by atoms with E-state index in [1.54, 1.807) is 42.3 Å². The largest absolute Gasteiger partial charge is 0.507 e. The second-order valence-corrected chi connectivity index (χ2v) is 9.13. The summed E-state index contributed by atoms with van der Waals surface area (Å²) in [5.74, 6) is -1.79. The van der Waals surface area contributed by atoms with Crippen molar-refractivity contribution >= 4 is 29.0 Å². The maximum atomic E-state index is 14.1. The van der Waals surface area contributed by atoms with Crippen LogP contribution in [0, 0.1) is 6.92 Å². The number of likely N-dealkylation sites (tertiary alicyclic amines) is 1. The minimum atomic E-state index is -1.72. The summed E-state index contributed by atoms with van der Waals surface area (Å²) in [5, 5.41) is 11.5. The number of ether oxygens (including phenoxy) is 1. The summed E-state index contributed by atoms with van der Waals surface area (Å²) in [7, 11) is 5.39. The topological polar surface area (TPSA) is 90.4 Å². The smallest absolute Gasteiger partial charge is 0.296 e. The van der Waals surface area contributed by atoms with Crippen LogP contribution in [-0.2, 0) is 19.9 Å². The minimum Gasteiger partial charge on any atom is -0.507 e. The maximum Gasteiger partial charge on any atom is 0.296 e. The van der Waals surface area contributed by atoms with Gasteiger partial charge in [-0.2, -0.15) is 0 Å². The zero-order valence-electron chi connectivity index (χ0n) is 20.8. The molecular weight excluding hydrogens is 446 g/mol. The van der Waals surface area contributed by atoms with Crippen LogP contribution in [0.2, 0.25) is 0 Å². The molecule has 8 heteroatoms. The van der Waals surface area contributed by atoms with Crippen LogP contribution in [0.1, 0.15) is 30.0 Å². The summed E-state index contributed by atoms with van der Waals surface area (Å²) in [5.41, 5.74) is 0.350. The number of methoxy groups -OCH3 is 1. The van der Waals surface area contributed by atoms with Gasteiger partial charge in [-0.15, -0.1) is 0 Å². The van der Waals surface area contributed by atoms with Gasteiger partial charge >= 0.3 is 0 Å².